The molecule has 0 unspecified atom stereocenters. The van der Waals surface area contributed by atoms with Crippen LogP contribution in [0.25, 0.3) is 11.0 Å². The number of hydrogen-bond donors (Lipinski definition) is 1. The summed E-state index contributed by atoms with van der Waals surface area (Å²) in [7, 11) is 1.63. The van der Waals surface area contributed by atoms with Crippen molar-refractivity contribution in [3.8, 4) is 5.75 Å². The average molecular weight is 309 g/mol. The molecule has 118 valence electrons. The molecule has 0 aliphatic rings. The normalized spacial score (nSPS) is 12.1. The molecule has 0 aliphatic carbocycles. The molecule has 0 fully saturated rings. The van der Waals surface area contributed by atoms with Gasteiger partial charge >= 0.3 is 0 Å². The summed E-state index contributed by atoms with van der Waals surface area (Å²) in [6, 6.07) is 15.1. The SMILES string of the molecule is COc1ccc([C@@H](C)NC(=O)c2cc3cccc(C)c3o2)cc1. The number of nitrogens with one attached hydrogen (secondary N) is 1. The van der Waals surface area contributed by atoms with Crippen LogP contribution in [-0.2, 0) is 0 Å². The van der Waals surface area contributed by atoms with Crippen LogP contribution in [0.4, 0.5) is 0 Å². The zero-order chi connectivity index (χ0) is 16.4. The Kier molecular flexibility index (Phi) is 4.06. The number of amides is 1. The summed E-state index contributed by atoms with van der Waals surface area (Å²) in [4.78, 5) is 12.4. The van der Waals surface area contributed by atoms with E-state index in [0.717, 1.165) is 27.8 Å². The minimum atomic E-state index is -0.219. The van der Waals surface area contributed by atoms with Crippen molar-refractivity contribution in [1.29, 1.82) is 0 Å². The molecule has 3 aromatic rings. The zero-order valence-electron chi connectivity index (χ0n) is 13.4. The Morgan fingerprint density at radius 1 is 1.17 bits per heavy atom. The van der Waals surface area contributed by atoms with Crippen molar-refractivity contribution in [3.63, 3.8) is 0 Å². The molecule has 3 rings (SSSR count). The third-order valence-electron chi connectivity index (χ3n) is 3.93. The highest BCUT2D eigenvalue weighted by atomic mass is 16.5. The molecule has 23 heavy (non-hydrogen) atoms. The maximum atomic E-state index is 12.4. The van der Waals surface area contributed by atoms with Gasteiger partial charge in [0.1, 0.15) is 11.3 Å². The van der Waals surface area contributed by atoms with Crippen LogP contribution < -0.4 is 10.1 Å². The molecule has 4 heteroatoms. The number of carbonyl (C=O) groups excluding carboxylic acids is 1. The number of carbonyl (C=O) groups is 1. The van der Waals surface area contributed by atoms with E-state index >= 15 is 0 Å². The summed E-state index contributed by atoms with van der Waals surface area (Å²) in [6.07, 6.45) is 0. The Labute approximate surface area is 135 Å². The lowest BCUT2D eigenvalue weighted by molar-refractivity contribution is 0.0914. The Bertz CT molecular complexity index is 833. The van der Waals surface area contributed by atoms with Crippen molar-refractivity contribution in [2.75, 3.05) is 7.11 Å². The van der Waals surface area contributed by atoms with Crippen LogP contribution in [0.15, 0.2) is 52.9 Å². The number of fused-ring (bicyclic) bond motifs is 1. The van der Waals surface area contributed by atoms with Crippen LogP contribution in [0.2, 0.25) is 0 Å². The van der Waals surface area contributed by atoms with E-state index in [2.05, 4.69) is 5.32 Å². The van der Waals surface area contributed by atoms with Crippen LogP contribution in [0.5, 0.6) is 5.75 Å². The molecular formula is C19H19NO3. The molecule has 0 bridgehead atoms. The van der Waals surface area contributed by atoms with E-state index in [1.165, 1.54) is 0 Å². The molecule has 1 aromatic heterocycles. The number of methoxy groups -OCH3 is 1. The Morgan fingerprint density at radius 3 is 2.57 bits per heavy atom. The van der Waals surface area contributed by atoms with Gasteiger partial charge in [0, 0.05) is 5.39 Å². The highest BCUT2D eigenvalue weighted by molar-refractivity contribution is 5.96. The van der Waals surface area contributed by atoms with E-state index < -0.39 is 0 Å². The molecule has 1 atom stereocenters. The van der Waals surface area contributed by atoms with Gasteiger partial charge in [0.25, 0.3) is 5.91 Å². The first-order chi connectivity index (χ1) is 11.1. The Balaban J connectivity index is 1.77. The minimum absolute atomic E-state index is 0.122. The van der Waals surface area contributed by atoms with Gasteiger partial charge in [-0.15, -0.1) is 0 Å². The molecule has 0 saturated heterocycles. The van der Waals surface area contributed by atoms with Crippen molar-refractivity contribution < 1.29 is 13.9 Å². The third-order valence-corrected chi connectivity index (χ3v) is 3.93. The quantitative estimate of drug-likeness (QED) is 0.784. The summed E-state index contributed by atoms with van der Waals surface area (Å²) >= 11 is 0. The third kappa shape index (κ3) is 3.06. The summed E-state index contributed by atoms with van der Waals surface area (Å²) in [5, 5.41) is 3.89. The van der Waals surface area contributed by atoms with Gasteiger partial charge < -0.3 is 14.5 Å². The van der Waals surface area contributed by atoms with E-state index in [0.29, 0.717) is 5.76 Å². The van der Waals surface area contributed by atoms with Gasteiger partial charge in [-0.2, -0.15) is 0 Å². The van der Waals surface area contributed by atoms with E-state index in [4.69, 9.17) is 9.15 Å². The van der Waals surface area contributed by atoms with E-state index in [1.807, 2.05) is 56.3 Å². The first-order valence-corrected chi connectivity index (χ1v) is 7.52. The van der Waals surface area contributed by atoms with E-state index in [9.17, 15) is 4.79 Å². The number of ether oxygens (including phenoxy) is 1. The Morgan fingerprint density at radius 2 is 1.91 bits per heavy atom. The van der Waals surface area contributed by atoms with Crippen molar-refractivity contribution in [2.24, 2.45) is 0 Å². The minimum Gasteiger partial charge on any atom is -0.497 e. The summed E-state index contributed by atoms with van der Waals surface area (Å²) < 4.78 is 10.8. The standard InChI is InChI=1S/C19H19NO3/c1-12-5-4-6-15-11-17(23-18(12)15)19(21)20-13(2)14-7-9-16(22-3)10-8-14/h4-11,13H,1-3H3,(H,20,21)/t13-/m1/s1. The van der Waals surface area contributed by atoms with Crippen molar-refractivity contribution >= 4 is 16.9 Å². The predicted molar refractivity (Wildman–Crippen MR) is 89.8 cm³/mol. The van der Waals surface area contributed by atoms with Gasteiger partial charge in [-0.3, -0.25) is 4.79 Å². The van der Waals surface area contributed by atoms with Gasteiger partial charge in [-0.25, -0.2) is 0 Å². The number of rotatable bonds is 4. The smallest absolute Gasteiger partial charge is 0.287 e. The first-order valence-electron chi connectivity index (χ1n) is 7.52. The number of benzene rings is 2. The molecule has 0 spiro atoms. The zero-order valence-corrected chi connectivity index (χ0v) is 13.4. The van der Waals surface area contributed by atoms with Crippen LogP contribution in [0, 0.1) is 6.92 Å². The topological polar surface area (TPSA) is 51.5 Å². The lowest BCUT2D eigenvalue weighted by Crippen LogP contribution is -2.26. The summed E-state index contributed by atoms with van der Waals surface area (Å²) in [6.45, 7) is 3.90. The number of furan rings is 1. The molecular weight excluding hydrogens is 290 g/mol. The van der Waals surface area contributed by atoms with E-state index in [1.54, 1.807) is 13.2 Å². The predicted octanol–water partition coefficient (Wildman–Crippen LogP) is 4.24. The molecule has 1 heterocycles. The largest absolute Gasteiger partial charge is 0.497 e. The molecule has 4 nitrogen and oxygen atoms in total. The highest BCUT2D eigenvalue weighted by Gasteiger charge is 2.16. The van der Waals surface area contributed by atoms with Crippen molar-refractivity contribution in [3.05, 3.63) is 65.4 Å². The van der Waals surface area contributed by atoms with Gasteiger partial charge in [0.05, 0.1) is 13.2 Å². The molecule has 2 aromatic carbocycles. The van der Waals surface area contributed by atoms with Crippen LogP contribution >= 0.6 is 0 Å². The fourth-order valence-electron chi connectivity index (χ4n) is 2.56. The second-order valence-electron chi connectivity index (χ2n) is 5.57. The number of aryl methyl sites for hydroxylation is 1. The Hall–Kier alpha value is -2.75. The second kappa shape index (κ2) is 6.16. The van der Waals surface area contributed by atoms with Gasteiger partial charge in [-0.1, -0.05) is 30.3 Å². The van der Waals surface area contributed by atoms with Gasteiger partial charge in [0.15, 0.2) is 5.76 Å². The maximum absolute atomic E-state index is 12.4. The molecule has 0 radical (unpaired) electrons. The first kappa shape index (κ1) is 15.2. The second-order valence-corrected chi connectivity index (χ2v) is 5.57. The lowest BCUT2D eigenvalue weighted by Gasteiger charge is -2.13. The van der Waals surface area contributed by atoms with Crippen molar-refractivity contribution in [2.45, 2.75) is 19.9 Å². The van der Waals surface area contributed by atoms with E-state index in [-0.39, 0.29) is 11.9 Å². The fraction of sp³-hybridized carbons (Fsp3) is 0.211. The molecule has 0 saturated carbocycles. The molecule has 1 N–H and O–H groups in total. The van der Waals surface area contributed by atoms with Gasteiger partial charge in [-0.05, 0) is 43.2 Å². The molecule has 1 amide bonds. The average Bonchev–Trinajstić information content (AvgIpc) is 3.00. The highest BCUT2D eigenvalue weighted by Crippen LogP contribution is 2.23. The monoisotopic (exact) mass is 309 g/mol. The summed E-state index contributed by atoms with van der Waals surface area (Å²) in [5.41, 5.74) is 2.78. The maximum Gasteiger partial charge on any atom is 0.287 e. The summed E-state index contributed by atoms with van der Waals surface area (Å²) in [5.74, 6) is 0.901. The van der Waals surface area contributed by atoms with Crippen LogP contribution in [0.3, 0.4) is 0 Å². The van der Waals surface area contributed by atoms with Crippen LogP contribution in [-0.4, -0.2) is 13.0 Å². The number of hydrogen-bond acceptors (Lipinski definition) is 3. The van der Waals surface area contributed by atoms with Gasteiger partial charge in [0.2, 0.25) is 0 Å². The fourth-order valence-corrected chi connectivity index (χ4v) is 2.56. The van der Waals surface area contributed by atoms with Crippen LogP contribution in [0.1, 0.15) is 34.6 Å². The lowest BCUT2D eigenvalue weighted by atomic mass is 10.1. The number of para-hydroxylation sites is 1. The van der Waals surface area contributed by atoms with Crippen molar-refractivity contribution in [1.82, 2.24) is 5.32 Å². The molecule has 0 aliphatic heterocycles.